The Hall–Kier alpha value is -2.57. The van der Waals surface area contributed by atoms with Crippen LogP contribution in [0.4, 0.5) is 0 Å². The average molecular weight is 909 g/mol. The molecule has 0 saturated carbocycles. The molecule has 0 aromatic heterocycles. The molecular formula is C50H84O14. The third-order valence-electron chi connectivity index (χ3n) is 11.0. The van der Waals surface area contributed by atoms with E-state index in [-0.39, 0.29) is 19.6 Å². The van der Waals surface area contributed by atoms with Crippen molar-refractivity contribution in [1.29, 1.82) is 0 Å². The third kappa shape index (κ3) is 25.4. The van der Waals surface area contributed by atoms with E-state index in [0.717, 1.165) is 64.2 Å². The van der Waals surface area contributed by atoms with Crippen LogP contribution in [-0.2, 0) is 33.2 Å². The topological polar surface area (TPSA) is 214 Å². The summed E-state index contributed by atoms with van der Waals surface area (Å²) in [6, 6.07) is 0. The lowest BCUT2D eigenvalue weighted by Gasteiger charge is -2.42. The average Bonchev–Trinajstić information content (AvgIpc) is 3.29. The first-order valence-electron chi connectivity index (χ1n) is 24.0. The molecule has 2 fully saturated rings. The van der Waals surface area contributed by atoms with Crippen LogP contribution in [0, 0.1) is 0 Å². The molecule has 2 aliphatic heterocycles. The first kappa shape index (κ1) is 57.6. The van der Waals surface area contributed by atoms with Gasteiger partial charge in [0, 0.05) is 13.0 Å². The second-order valence-corrected chi connectivity index (χ2v) is 16.5. The minimum absolute atomic E-state index is 0.0216. The van der Waals surface area contributed by atoms with Gasteiger partial charge in [-0.3, -0.25) is 4.79 Å². The van der Waals surface area contributed by atoms with Crippen LogP contribution in [0.15, 0.2) is 72.9 Å². The number of allylic oxidation sites excluding steroid dienone is 12. The van der Waals surface area contributed by atoms with Gasteiger partial charge >= 0.3 is 5.97 Å². The van der Waals surface area contributed by atoms with Crippen LogP contribution >= 0.6 is 0 Å². The zero-order chi connectivity index (χ0) is 46.6. The Bertz CT molecular complexity index is 1330. The maximum Gasteiger partial charge on any atom is 0.306 e. The molecule has 2 rings (SSSR count). The molecule has 0 radical (unpaired) electrons. The number of hydrogen-bond donors (Lipinski definition) is 7. The summed E-state index contributed by atoms with van der Waals surface area (Å²) in [5.74, 6) is -0.463. The summed E-state index contributed by atoms with van der Waals surface area (Å²) >= 11 is 0. The number of hydrogen-bond acceptors (Lipinski definition) is 14. The van der Waals surface area contributed by atoms with Crippen molar-refractivity contribution in [2.45, 2.75) is 203 Å². The summed E-state index contributed by atoms with van der Waals surface area (Å²) < 4.78 is 34.1. The smallest absolute Gasteiger partial charge is 0.306 e. The van der Waals surface area contributed by atoms with Crippen molar-refractivity contribution in [2.24, 2.45) is 0 Å². The maximum atomic E-state index is 12.9. The van der Waals surface area contributed by atoms with Crippen molar-refractivity contribution < 1.29 is 69.0 Å². The van der Waals surface area contributed by atoms with Crippen LogP contribution in [0.3, 0.4) is 0 Å². The second kappa shape index (κ2) is 37.5. The highest BCUT2D eigenvalue weighted by atomic mass is 16.7. The molecule has 0 spiro atoms. The molecular weight excluding hydrogens is 825 g/mol. The molecule has 0 amide bonds. The van der Waals surface area contributed by atoms with E-state index in [4.69, 9.17) is 28.4 Å². The molecule has 11 atom stereocenters. The zero-order valence-electron chi connectivity index (χ0n) is 38.7. The van der Waals surface area contributed by atoms with Crippen LogP contribution < -0.4 is 0 Å². The van der Waals surface area contributed by atoms with Crippen LogP contribution in [0.5, 0.6) is 0 Å². The largest absolute Gasteiger partial charge is 0.457 e. The van der Waals surface area contributed by atoms with Gasteiger partial charge in [0.05, 0.1) is 26.4 Å². The molecule has 64 heavy (non-hydrogen) atoms. The van der Waals surface area contributed by atoms with E-state index in [1.807, 2.05) is 12.2 Å². The molecule has 11 unspecified atom stereocenters. The van der Waals surface area contributed by atoms with Gasteiger partial charge in [0.15, 0.2) is 12.6 Å². The molecule has 368 valence electrons. The van der Waals surface area contributed by atoms with Crippen molar-refractivity contribution >= 4 is 5.97 Å². The molecule has 2 heterocycles. The first-order valence-corrected chi connectivity index (χ1v) is 24.0. The number of carbonyl (C=O) groups excluding carboxylic acids is 1. The van der Waals surface area contributed by atoms with Gasteiger partial charge < -0.3 is 64.2 Å². The fourth-order valence-corrected chi connectivity index (χ4v) is 7.03. The predicted molar refractivity (Wildman–Crippen MR) is 247 cm³/mol. The number of aliphatic hydroxyl groups is 7. The Morgan fingerprint density at radius 2 is 1.02 bits per heavy atom. The standard InChI is InChI=1S/C50H84O14/c1-3-5-7-9-11-13-15-17-18-19-20-22-24-26-28-30-32-34-59-36-39(62-42(52)33-31-29-27-25-23-21-16-14-12-10-8-6-4-2)37-60-49-48(58)46(56)44(54)41(64-49)38-61-50-47(57)45(55)43(53)40(35-51)63-50/h6,8,12-15,18-19,21,23,27,29,39-41,43-51,53-58H,3-5,7,9-11,16-17,20,22,24-26,28,30-38H2,1-2H3/b8-6-,14-12-,15-13-,19-18-,23-21-,29-27-. The summed E-state index contributed by atoms with van der Waals surface area (Å²) in [5.41, 5.74) is 0. The molecule has 0 aromatic carbocycles. The Kier molecular flexibility index (Phi) is 33.7. The Balaban J connectivity index is 1.83. The molecule has 0 bridgehead atoms. The number of rotatable bonds is 36. The molecule has 7 N–H and O–H groups in total. The number of esters is 1. The van der Waals surface area contributed by atoms with E-state index in [0.29, 0.717) is 13.0 Å². The van der Waals surface area contributed by atoms with E-state index < -0.39 is 86.7 Å². The van der Waals surface area contributed by atoms with Crippen molar-refractivity contribution in [2.75, 3.05) is 33.0 Å². The summed E-state index contributed by atoms with van der Waals surface area (Å²) in [4.78, 5) is 12.9. The SMILES string of the molecule is CC/C=C\C/C=C\C/C=C\C/C=C\CCC(=O)OC(COCCCCCCCC/C=C\C/C=C\CCCCCC)COC1OC(COC2OC(CO)C(O)C(O)C2O)C(O)C(O)C1O. The van der Waals surface area contributed by atoms with Crippen molar-refractivity contribution in [3.8, 4) is 0 Å². The summed E-state index contributed by atoms with van der Waals surface area (Å²) in [5, 5.41) is 72.0. The van der Waals surface area contributed by atoms with E-state index in [1.165, 1.54) is 44.9 Å². The van der Waals surface area contributed by atoms with Gasteiger partial charge in [0.2, 0.25) is 0 Å². The maximum absolute atomic E-state index is 12.9. The highest BCUT2D eigenvalue weighted by Crippen LogP contribution is 2.26. The Labute approximate surface area is 383 Å². The van der Waals surface area contributed by atoms with Crippen LogP contribution in [0.25, 0.3) is 0 Å². The Morgan fingerprint density at radius 3 is 1.59 bits per heavy atom. The lowest BCUT2D eigenvalue weighted by Crippen LogP contribution is -2.61. The zero-order valence-corrected chi connectivity index (χ0v) is 38.7. The van der Waals surface area contributed by atoms with Crippen molar-refractivity contribution in [1.82, 2.24) is 0 Å². The van der Waals surface area contributed by atoms with E-state index in [1.54, 1.807) is 0 Å². The molecule has 14 nitrogen and oxygen atoms in total. The van der Waals surface area contributed by atoms with Crippen LogP contribution in [0.2, 0.25) is 0 Å². The minimum Gasteiger partial charge on any atom is -0.457 e. The molecule has 2 saturated heterocycles. The normalized spacial score (nSPS) is 27.4. The number of carbonyl (C=O) groups is 1. The fraction of sp³-hybridized carbons (Fsp3) is 0.740. The third-order valence-corrected chi connectivity index (χ3v) is 11.0. The highest BCUT2D eigenvalue weighted by molar-refractivity contribution is 5.69. The monoisotopic (exact) mass is 909 g/mol. The lowest BCUT2D eigenvalue weighted by atomic mass is 9.98. The van der Waals surface area contributed by atoms with Crippen LogP contribution in [0.1, 0.15) is 136 Å². The van der Waals surface area contributed by atoms with E-state index in [9.17, 15) is 40.5 Å². The second-order valence-electron chi connectivity index (χ2n) is 16.5. The van der Waals surface area contributed by atoms with Gasteiger partial charge in [0.1, 0.15) is 54.9 Å². The number of unbranched alkanes of at least 4 members (excludes halogenated alkanes) is 10. The van der Waals surface area contributed by atoms with Gasteiger partial charge in [-0.05, 0) is 70.6 Å². The molecule has 0 aliphatic carbocycles. The molecule has 0 aromatic rings. The van der Waals surface area contributed by atoms with E-state index in [2.05, 4.69) is 74.6 Å². The van der Waals surface area contributed by atoms with Gasteiger partial charge in [-0.1, -0.05) is 132 Å². The van der Waals surface area contributed by atoms with Gasteiger partial charge in [-0.2, -0.15) is 0 Å². The minimum atomic E-state index is -1.72. The molecule has 2 aliphatic rings. The molecule has 14 heteroatoms. The van der Waals surface area contributed by atoms with E-state index >= 15 is 0 Å². The van der Waals surface area contributed by atoms with Crippen molar-refractivity contribution in [3.63, 3.8) is 0 Å². The predicted octanol–water partition coefficient (Wildman–Crippen LogP) is 6.34. The van der Waals surface area contributed by atoms with Gasteiger partial charge in [-0.25, -0.2) is 0 Å². The number of ether oxygens (including phenoxy) is 6. The van der Waals surface area contributed by atoms with Gasteiger partial charge in [0.25, 0.3) is 0 Å². The van der Waals surface area contributed by atoms with Gasteiger partial charge in [-0.15, -0.1) is 0 Å². The Morgan fingerprint density at radius 1 is 0.531 bits per heavy atom. The quantitative estimate of drug-likeness (QED) is 0.0208. The van der Waals surface area contributed by atoms with Crippen molar-refractivity contribution in [3.05, 3.63) is 72.9 Å². The summed E-state index contributed by atoms with van der Waals surface area (Å²) in [7, 11) is 0. The highest BCUT2D eigenvalue weighted by Gasteiger charge is 2.47. The van der Waals surface area contributed by atoms with Crippen LogP contribution in [-0.4, -0.2) is 142 Å². The first-order chi connectivity index (χ1) is 31.1. The fourth-order valence-electron chi connectivity index (χ4n) is 7.03. The number of aliphatic hydroxyl groups excluding tert-OH is 7. The summed E-state index contributed by atoms with van der Waals surface area (Å²) in [6.45, 7) is 3.40. The summed E-state index contributed by atoms with van der Waals surface area (Å²) in [6.07, 6.45) is 28.4. The lowest BCUT2D eigenvalue weighted by molar-refractivity contribution is -0.332.